The van der Waals surface area contributed by atoms with E-state index in [9.17, 15) is 9.59 Å². The van der Waals surface area contributed by atoms with Gasteiger partial charge in [-0.1, -0.05) is 43.3 Å². The molecular weight excluding hydrogens is 432 g/mol. The molecule has 1 amide bonds. The summed E-state index contributed by atoms with van der Waals surface area (Å²) in [7, 11) is 0. The van der Waals surface area contributed by atoms with E-state index in [2.05, 4.69) is 18.0 Å². The maximum Gasteiger partial charge on any atom is 0.416 e. The maximum absolute atomic E-state index is 12.8. The van der Waals surface area contributed by atoms with Gasteiger partial charge in [0.2, 0.25) is 0 Å². The van der Waals surface area contributed by atoms with Gasteiger partial charge >= 0.3 is 12.1 Å². The first-order valence-electron chi connectivity index (χ1n) is 11.4. The van der Waals surface area contributed by atoms with Gasteiger partial charge in [-0.3, -0.25) is 14.7 Å². The van der Waals surface area contributed by atoms with E-state index in [4.69, 9.17) is 14.2 Å². The van der Waals surface area contributed by atoms with Crippen molar-refractivity contribution in [2.75, 3.05) is 19.8 Å². The molecule has 0 spiro atoms. The molecule has 0 radical (unpaired) electrons. The average Bonchev–Trinajstić information content (AvgIpc) is 2.85. The number of hydrogen-bond acceptors (Lipinski definition) is 6. The lowest BCUT2D eigenvalue weighted by Crippen LogP contribution is -2.38. The van der Waals surface area contributed by atoms with Gasteiger partial charge in [0, 0.05) is 24.9 Å². The highest BCUT2D eigenvalue weighted by Crippen LogP contribution is 2.17. The van der Waals surface area contributed by atoms with Gasteiger partial charge in [-0.05, 0) is 54.8 Å². The molecule has 0 N–H and O–H groups in total. The predicted octanol–water partition coefficient (Wildman–Crippen LogP) is 4.83. The van der Waals surface area contributed by atoms with Crippen LogP contribution in [0.2, 0.25) is 0 Å². The molecule has 3 aromatic rings. The zero-order valence-corrected chi connectivity index (χ0v) is 19.6. The van der Waals surface area contributed by atoms with E-state index in [1.165, 1.54) is 10.5 Å². The number of ether oxygens (including phenoxy) is 3. The van der Waals surface area contributed by atoms with E-state index < -0.39 is 12.1 Å². The number of hydrogen-bond donors (Lipinski definition) is 0. The lowest BCUT2D eigenvalue weighted by Gasteiger charge is -2.21. The quantitative estimate of drug-likeness (QED) is 0.380. The highest BCUT2D eigenvalue weighted by Gasteiger charge is 2.21. The van der Waals surface area contributed by atoms with Crippen LogP contribution in [0.4, 0.5) is 4.79 Å². The molecule has 178 valence electrons. The lowest BCUT2D eigenvalue weighted by molar-refractivity contribution is -0.144. The summed E-state index contributed by atoms with van der Waals surface area (Å²) in [5.41, 5.74) is 2.98. The SMILES string of the molecule is CCOC(=O)CN(Cc1cccc(OCCc2ccc(CC)cn2)c1)C(=O)Oc1ccccc1. The second-order valence-corrected chi connectivity index (χ2v) is 7.60. The van der Waals surface area contributed by atoms with Crippen molar-refractivity contribution in [3.05, 3.63) is 89.7 Å². The van der Waals surface area contributed by atoms with E-state index in [-0.39, 0.29) is 19.7 Å². The first kappa shape index (κ1) is 24.8. The minimum absolute atomic E-state index is 0.168. The van der Waals surface area contributed by atoms with Crippen LogP contribution in [-0.4, -0.2) is 41.7 Å². The van der Waals surface area contributed by atoms with Gasteiger partial charge in [-0.15, -0.1) is 0 Å². The Morgan fingerprint density at radius 1 is 0.912 bits per heavy atom. The number of rotatable bonds is 11. The van der Waals surface area contributed by atoms with Crippen molar-refractivity contribution >= 4 is 12.1 Å². The van der Waals surface area contributed by atoms with Crippen LogP contribution in [0, 0.1) is 0 Å². The van der Waals surface area contributed by atoms with Crippen molar-refractivity contribution in [3.8, 4) is 11.5 Å². The van der Waals surface area contributed by atoms with Crippen LogP contribution >= 0.6 is 0 Å². The maximum atomic E-state index is 12.8. The van der Waals surface area contributed by atoms with Gasteiger partial charge in [0.25, 0.3) is 0 Å². The molecule has 7 nitrogen and oxygen atoms in total. The van der Waals surface area contributed by atoms with E-state index in [0.29, 0.717) is 24.5 Å². The molecule has 0 fully saturated rings. The summed E-state index contributed by atoms with van der Waals surface area (Å²) < 4.78 is 16.4. The molecular formula is C27H30N2O5. The van der Waals surface area contributed by atoms with Crippen molar-refractivity contribution < 1.29 is 23.8 Å². The topological polar surface area (TPSA) is 78.0 Å². The molecule has 0 saturated heterocycles. The Labute approximate surface area is 200 Å². The summed E-state index contributed by atoms with van der Waals surface area (Å²) in [4.78, 5) is 30.6. The fourth-order valence-electron chi connectivity index (χ4n) is 3.24. The molecule has 1 heterocycles. The number of aromatic nitrogens is 1. The van der Waals surface area contributed by atoms with Crippen molar-refractivity contribution in [2.24, 2.45) is 0 Å². The van der Waals surface area contributed by atoms with Gasteiger partial charge in [0.05, 0.1) is 13.2 Å². The van der Waals surface area contributed by atoms with Crippen LogP contribution in [0.1, 0.15) is 30.7 Å². The number of benzene rings is 2. The minimum Gasteiger partial charge on any atom is -0.493 e. The Bertz CT molecular complexity index is 1050. The standard InChI is InChI=1S/C27H30N2O5/c1-3-21-13-14-23(28-18-21)15-16-33-25-12-8-9-22(17-25)19-29(20-26(30)32-4-2)27(31)34-24-10-6-5-7-11-24/h5-14,17-18H,3-4,15-16,19-20H2,1-2H3. The van der Waals surface area contributed by atoms with E-state index >= 15 is 0 Å². The third kappa shape index (κ3) is 7.92. The monoisotopic (exact) mass is 462 g/mol. The number of aryl methyl sites for hydroxylation is 1. The molecule has 2 aromatic carbocycles. The van der Waals surface area contributed by atoms with Crippen molar-refractivity contribution in [1.82, 2.24) is 9.88 Å². The molecule has 3 rings (SSSR count). The van der Waals surface area contributed by atoms with Gasteiger partial charge in [0.15, 0.2) is 0 Å². The van der Waals surface area contributed by atoms with Crippen LogP contribution in [0.5, 0.6) is 11.5 Å². The number of para-hydroxylation sites is 1. The second kappa shape index (κ2) is 13.0. The number of amides is 1. The van der Waals surface area contributed by atoms with Crippen molar-refractivity contribution in [1.29, 1.82) is 0 Å². The Balaban J connectivity index is 1.62. The van der Waals surface area contributed by atoms with Crippen LogP contribution in [-0.2, 0) is 28.9 Å². The van der Waals surface area contributed by atoms with Crippen molar-refractivity contribution in [2.45, 2.75) is 33.2 Å². The first-order chi connectivity index (χ1) is 16.6. The van der Waals surface area contributed by atoms with Crippen LogP contribution in [0.25, 0.3) is 0 Å². The normalized spacial score (nSPS) is 10.4. The zero-order valence-electron chi connectivity index (χ0n) is 19.6. The minimum atomic E-state index is -0.632. The molecule has 0 unspecified atom stereocenters. The van der Waals surface area contributed by atoms with Crippen molar-refractivity contribution in [3.63, 3.8) is 0 Å². The Morgan fingerprint density at radius 3 is 2.41 bits per heavy atom. The van der Waals surface area contributed by atoms with Crippen LogP contribution in [0.15, 0.2) is 72.9 Å². The van der Waals surface area contributed by atoms with Gasteiger partial charge in [-0.2, -0.15) is 0 Å². The van der Waals surface area contributed by atoms with Crippen LogP contribution in [0.3, 0.4) is 0 Å². The Kier molecular flexibility index (Phi) is 9.46. The first-order valence-corrected chi connectivity index (χ1v) is 11.4. The summed E-state index contributed by atoms with van der Waals surface area (Å²) in [6.07, 6.45) is 2.91. The number of pyridine rings is 1. The summed E-state index contributed by atoms with van der Waals surface area (Å²) in [6.45, 7) is 4.48. The largest absolute Gasteiger partial charge is 0.493 e. The van der Waals surface area contributed by atoms with E-state index in [1.54, 1.807) is 31.2 Å². The number of esters is 1. The summed E-state index contributed by atoms with van der Waals surface area (Å²) in [6, 6.07) is 20.3. The molecule has 0 aliphatic rings. The lowest BCUT2D eigenvalue weighted by atomic mass is 10.2. The van der Waals surface area contributed by atoms with Gasteiger partial charge in [-0.25, -0.2) is 4.79 Å². The Morgan fingerprint density at radius 2 is 1.71 bits per heavy atom. The highest BCUT2D eigenvalue weighted by molar-refractivity contribution is 5.79. The summed E-state index contributed by atoms with van der Waals surface area (Å²) in [5.74, 6) is 0.579. The smallest absolute Gasteiger partial charge is 0.416 e. The predicted molar refractivity (Wildman–Crippen MR) is 129 cm³/mol. The van der Waals surface area contributed by atoms with Crippen LogP contribution < -0.4 is 9.47 Å². The summed E-state index contributed by atoms with van der Waals surface area (Å²) in [5, 5.41) is 0. The second-order valence-electron chi connectivity index (χ2n) is 7.60. The van der Waals surface area contributed by atoms with Gasteiger partial charge < -0.3 is 14.2 Å². The molecule has 0 aliphatic carbocycles. The molecule has 0 bridgehead atoms. The molecule has 34 heavy (non-hydrogen) atoms. The third-order valence-electron chi connectivity index (χ3n) is 5.02. The van der Waals surface area contributed by atoms with Gasteiger partial charge in [0.1, 0.15) is 18.0 Å². The Hall–Kier alpha value is -3.87. The number of carbonyl (C=O) groups is 2. The molecule has 7 heteroatoms. The highest BCUT2D eigenvalue weighted by atomic mass is 16.6. The van der Waals surface area contributed by atoms with E-state index in [1.807, 2.05) is 42.6 Å². The zero-order chi connectivity index (χ0) is 24.2. The molecule has 0 atom stereocenters. The fourth-order valence-corrected chi connectivity index (χ4v) is 3.24. The average molecular weight is 463 g/mol. The number of carbonyl (C=O) groups excluding carboxylic acids is 2. The fraction of sp³-hybridized carbons (Fsp3) is 0.296. The third-order valence-corrected chi connectivity index (χ3v) is 5.02. The molecule has 0 saturated carbocycles. The molecule has 1 aromatic heterocycles. The van der Waals surface area contributed by atoms with E-state index in [0.717, 1.165) is 17.7 Å². The summed E-state index contributed by atoms with van der Waals surface area (Å²) >= 11 is 0. The number of nitrogens with zero attached hydrogens (tertiary/aromatic N) is 2. The molecule has 0 aliphatic heterocycles.